The highest BCUT2D eigenvalue weighted by atomic mass is 32.2. The third-order valence-corrected chi connectivity index (χ3v) is 5.10. The molecule has 0 aromatic heterocycles. The highest BCUT2D eigenvalue weighted by Gasteiger charge is 2.42. The second-order valence-corrected chi connectivity index (χ2v) is 8.55. The number of carbonyl (C=O) groups excluding carboxylic acids is 1. The Labute approximate surface area is 138 Å². The van der Waals surface area contributed by atoms with Gasteiger partial charge in [-0.05, 0) is 12.0 Å². The molecule has 1 aliphatic heterocycles. The minimum Gasteiger partial charge on any atom is -0.439 e. The van der Waals surface area contributed by atoms with E-state index in [9.17, 15) is 4.79 Å². The molecule has 0 saturated carbocycles. The van der Waals surface area contributed by atoms with E-state index in [4.69, 9.17) is 4.74 Å². The third kappa shape index (κ3) is 4.42. The Hall–Kier alpha value is -1.16. The third-order valence-electron chi connectivity index (χ3n) is 3.83. The Morgan fingerprint density at radius 2 is 1.91 bits per heavy atom. The van der Waals surface area contributed by atoms with Crippen LogP contribution in [0.2, 0.25) is 0 Å². The van der Waals surface area contributed by atoms with Crippen LogP contribution in [0.4, 0.5) is 4.79 Å². The van der Waals surface area contributed by atoms with Gasteiger partial charge < -0.3 is 4.74 Å². The van der Waals surface area contributed by atoms with Crippen LogP contribution >= 0.6 is 11.8 Å². The molecule has 0 aliphatic carbocycles. The van der Waals surface area contributed by atoms with Crippen LogP contribution in [-0.2, 0) is 4.74 Å². The number of ether oxygens (including phenoxy) is 1. The van der Waals surface area contributed by atoms with Gasteiger partial charge >= 0.3 is 6.09 Å². The second-order valence-electron chi connectivity index (χ2n) is 6.78. The maximum Gasteiger partial charge on any atom is 0.411 e. The molecule has 1 aromatic carbocycles. The fourth-order valence-corrected chi connectivity index (χ4v) is 3.44. The number of rotatable bonds is 6. The molecule has 2 atom stereocenters. The van der Waals surface area contributed by atoms with Crippen molar-refractivity contribution in [2.24, 2.45) is 0 Å². The molecule has 0 N–H and O–H groups in total. The summed E-state index contributed by atoms with van der Waals surface area (Å²) in [6.07, 6.45) is 2.92. The number of benzene rings is 1. The smallest absolute Gasteiger partial charge is 0.411 e. The number of unbranched alkanes of at least 4 members (excludes halogenated alkanes) is 1. The average molecular weight is 321 g/mol. The van der Waals surface area contributed by atoms with Crippen molar-refractivity contribution in [2.45, 2.75) is 63.9 Å². The second kappa shape index (κ2) is 7.40. The molecule has 3 nitrogen and oxygen atoms in total. The molecule has 1 heterocycles. The maximum absolute atomic E-state index is 12.3. The van der Waals surface area contributed by atoms with Gasteiger partial charge in [0.25, 0.3) is 0 Å². The van der Waals surface area contributed by atoms with E-state index in [0.717, 1.165) is 24.8 Å². The molecule has 22 heavy (non-hydrogen) atoms. The number of amides is 1. The summed E-state index contributed by atoms with van der Waals surface area (Å²) in [5.74, 6) is 0.694. The fourth-order valence-electron chi connectivity index (χ4n) is 2.62. The first kappa shape index (κ1) is 17.2. The van der Waals surface area contributed by atoms with Gasteiger partial charge in [0.05, 0.1) is 11.9 Å². The van der Waals surface area contributed by atoms with Gasteiger partial charge in [0.15, 0.2) is 0 Å². The van der Waals surface area contributed by atoms with Crippen molar-refractivity contribution in [3.63, 3.8) is 0 Å². The Kier molecular flexibility index (Phi) is 5.79. The fraction of sp³-hybridized carbons (Fsp3) is 0.611. The quantitative estimate of drug-likeness (QED) is 0.718. The van der Waals surface area contributed by atoms with Crippen molar-refractivity contribution in [3.8, 4) is 0 Å². The molecule has 0 radical (unpaired) electrons. The van der Waals surface area contributed by atoms with E-state index in [0.29, 0.717) is 5.88 Å². The summed E-state index contributed by atoms with van der Waals surface area (Å²) < 4.78 is 5.85. The lowest BCUT2D eigenvalue weighted by atomic mass is 9.98. The van der Waals surface area contributed by atoms with E-state index in [1.54, 1.807) is 11.8 Å². The van der Waals surface area contributed by atoms with Gasteiger partial charge in [-0.25, -0.2) is 4.79 Å². The lowest BCUT2D eigenvalue weighted by Gasteiger charge is -2.27. The highest BCUT2D eigenvalue weighted by Crippen LogP contribution is 2.37. The topological polar surface area (TPSA) is 29.5 Å². The molecule has 1 amide bonds. The molecule has 0 unspecified atom stereocenters. The van der Waals surface area contributed by atoms with Crippen LogP contribution in [0.3, 0.4) is 0 Å². The monoisotopic (exact) mass is 321 g/mol. The zero-order valence-corrected chi connectivity index (χ0v) is 14.9. The van der Waals surface area contributed by atoms with Crippen molar-refractivity contribution < 1.29 is 9.53 Å². The van der Waals surface area contributed by atoms with Gasteiger partial charge in [0.2, 0.25) is 0 Å². The number of cyclic esters (lactones) is 1. The van der Waals surface area contributed by atoms with E-state index in [1.165, 1.54) is 0 Å². The van der Waals surface area contributed by atoms with Gasteiger partial charge in [-0.3, -0.25) is 4.90 Å². The number of nitrogens with zero attached hydrogens (tertiary/aromatic N) is 1. The predicted molar refractivity (Wildman–Crippen MR) is 93.0 cm³/mol. The van der Waals surface area contributed by atoms with Crippen molar-refractivity contribution in [3.05, 3.63) is 35.9 Å². The zero-order chi connectivity index (χ0) is 16.2. The van der Waals surface area contributed by atoms with Crippen LogP contribution in [0.1, 0.15) is 58.6 Å². The molecular formula is C18H27NO2S. The lowest BCUT2D eigenvalue weighted by Crippen LogP contribution is -2.35. The molecule has 4 heteroatoms. The van der Waals surface area contributed by atoms with Gasteiger partial charge in [-0.1, -0.05) is 70.9 Å². The highest BCUT2D eigenvalue weighted by molar-refractivity contribution is 8.00. The van der Waals surface area contributed by atoms with Gasteiger partial charge in [0.1, 0.15) is 6.10 Å². The Bertz CT molecular complexity index is 484. The average Bonchev–Trinajstić information content (AvgIpc) is 2.79. The van der Waals surface area contributed by atoms with E-state index < -0.39 is 0 Å². The molecular weight excluding hydrogens is 294 g/mol. The number of hydrogen-bond donors (Lipinski definition) is 0. The molecule has 0 bridgehead atoms. The van der Waals surface area contributed by atoms with Crippen molar-refractivity contribution in [1.82, 2.24) is 4.90 Å². The number of carbonyl (C=O) groups is 1. The molecule has 2 rings (SSSR count). The van der Waals surface area contributed by atoms with E-state index in [2.05, 4.69) is 39.8 Å². The molecule has 1 aromatic rings. The SMILES string of the molecule is CCCC[C@@H]1[C@H](c2ccccc2)OC(=O)N1CSC(C)(C)C. The van der Waals surface area contributed by atoms with E-state index in [1.807, 2.05) is 23.1 Å². The van der Waals surface area contributed by atoms with Crippen LogP contribution in [-0.4, -0.2) is 27.7 Å². The van der Waals surface area contributed by atoms with E-state index in [-0.39, 0.29) is 23.0 Å². The van der Waals surface area contributed by atoms with Crippen LogP contribution in [0, 0.1) is 0 Å². The molecule has 122 valence electrons. The molecule has 1 aliphatic rings. The first-order valence-corrected chi connectivity index (χ1v) is 9.07. The standard InChI is InChI=1S/C18H27NO2S/c1-5-6-12-15-16(14-10-8-7-9-11-14)21-17(20)19(15)13-22-18(2,3)4/h7-11,15-16H,5-6,12-13H2,1-4H3/t15-,16+/m1/s1. The van der Waals surface area contributed by atoms with Crippen molar-refractivity contribution in [2.75, 3.05) is 5.88 Å². The summed E-state index contributed by atoms with van der Waals surface area (Å²) in [7, 11) is 0. The number of hydrogen-bond acceptors (Lipinski definition) is 3. The Balaban J connectivity index is 2.15. The lowest BCUT2D eigenvalue weighted by molar-refractivity contribution is 0.129. The van der Waals surface area contributed by atoms with Crippen LogP contribution in [0.15, 0.2) is 30.3 Å². The molecule has 1 fully saturated rings. The zero-order valence-electron chi connectivity index (χ0n) is 14.0. The van der Waals surface area contributed by atoms with Crippen molar-refractivity contribution >= 4 is 17.9 Å². The first-order chi connectivity index (χ1) is 10.4. The summed E-state index contributed by atoms with van der Waals surface area (Å²) in [6.45, 7) is 8.71. The maximum atomic E-state index is 12.3. The minimum absolute atomic E-state index is 0.138. The summed E-state index contributed by atoms with van der Waals surface area (Å²) >= 11 is 1.79. The van der Waals surface area contributed by atoms with E-state index >= 15 is 0 Å². The summed E-state index contributed by atoms with van der Waals surface area (Å²) in [5, 5.41) is 0. The Morgan fingerprint density at radius 1 is 1.23 bits per heavy atom. The molecule has 0 spiro atoms. The Morgan fingerprint density at radius 3 is 2.50 bits per heavy atom. The van der Waals surface area contributed by atoms with Crippen molar-refractivity contribution in [1.29, 1.82) is 0 Å². The molecule has 1 saturated heterocycles. The van der Waals surface area contributed by atoms with Gasteiger partial charge in [-0.15, -0.1) is 11.8 Å². The van der Waals surface area contributed by atoms with Crippen LogP contribution < -0.4 is 0 Å². The largest absolute Gasteiger partial charge is 0.439 e. The van der Waals surface area contributed by atoms with Gasteiger partial charge in [-0.2, -0.15) is 0 Å². The normalized spacial score (nSPS) is 22.0. The first-order valence-electron chi connectivity index (χ1n) is 8.08. The minimum atomic E-state index is -0.174. The predicted octanol–water partition coefficient (Wildman–Crippen LogP) is 5.23. The summed E-state index contributed by atoms with van der Waals surface area (Å²) in [4.78, 5) is 14.3. The number of thioether (sulfide) groups is 1. The van der Waals surface area contributed by atoms with Crippen LogP contribution in [0.5, 0.6) is 0 Å². The summed E-state index contributed by atoms with van der Waals surface area (Å²) in [6, 6.07) is 10.3. The van der Waals surface area contributed by atoms with Crippen LogP contribution in [0.25, 0.3) is 0 Å². The van der Waals surface area contributed by atoms with Gasteiger partial charge in [0, 0.05) is 4.75 Å². The summed E-state index contributed by atoms with van der Waals surface area (Å²) in [5.41, 5.74) is 1.10.